The smallest absolute Gasteiger partial charge is 0.134 e. The van der Waals surface area contributed by atoms with E-state index in [0.29, 0.717) is 0 Å². The Bertz CT molecular complexity index is 661. The van der Waals surface area contributed by atoms with E-state index in [2.05, 4.69) is 67.3 Å². The number of thiophene rings is 1. The average Bonchev–Trinajstić information content (AvgIpc) is 2.64. The van der Waals surface area contributed by atoms with Gasteiger partial charge in [-0.15, -0.1) is 11.3 Å². The number of aromatic nitrogens is 2. The molecule has 21 heavy (non-hydrogen) atoms. The van der Waals surface area contributed by atoms with Gasteiger partial charge in [0.15, 0.2) is 0 Å². The molecule has 0 amide bonds. The van der Waals surface area contributed by atoms with Gasteiger partial charge in [0.2, 0.25) is 0 Å². The molecule has 2 aromatic heterocycles. The van der Waals surface area contributed by atoms with Gasteiger partial charge in [0, 0.05) is 16.5 Å². The van der Waals surface area contributed by atoms with Crippen molar-refractivity contribution < 1.29 is 0 Å². The molecular weight excluding hydrogens is 276 g/mol. The first-order valence-electron chi connectivity index (χ1n) is 7.63. The third-order valence-electron chi connectivity index (χ3n) is 3.53. The fraction of sp³-hybridized carbons (Fsp3) is 0.667. The zero-order valence-electron chi connectivity index (χ0n) is 14.9. The van der Waals surface area contributed by atoms with Gasteiger partial charge in [0.05, 0.1) is 10.2 Å². The normalized spacial score (nSPS) is 14.0. The van der Waals surface area contributed by atoms with Crippen molar-refractivity contribution in [2.75, 3.05) is 0 Å². The van der Waals surface area contributed by atoms with Crippen molar-refractivity contribution in [1.82, 2.24) is 9.97 Å². The van der Waals surface area contributed by atoms with E-state index >= 15 is 0 Å². The highest BCUT2D eigenvalue weighted by molar-refractivity contribution is 7.19. The van der Waals surface area contributed by atoms with E-state index < -0.39 is 0 Å². The van der Waals surface area contributed by atoms with Crippen LogP contribution in [0.15, 0.2) is 6.20 Å². The highest BCUT2D eigenvalue weighted by Crippen LogP contribution is 2.43. The molecule has 0 radical (unpaired) electrons. The lowest BCUT2D eigenvalue weighted by atomic mass is 9.80. The summed E-state index contributed by atoms with van der Waals surface area (Å²) in [5, 5.41) is 0. The summed E-state index contributed by atoms with van der Waals surface area (Å²) >= 11 is 1.85. The predicted molar refractivity (Wildman–Crippen MR) is 93.5 cm³/mol. The maximum Gasteiger partial charge on any atom is 0.134 e. The van der Waals surface area contributed by atoms with Gasteiger partial charge in [0.25, 0.3) is 0 Å². The summed E-state index contributed by atoms with van der Waals surface area (Å²) in [6.45, 7) is 20.2. The van der Waals surface area contributed by atoms with Crippen LogP contribution in [0.2, 0.25) is 0 Å². The molecule has 0 aliphatic rings. The van der Waals surface area contributed by atoms with Crippen LogP contribution in [-0.2, 0) is 16.2 Å². The molecule has 2 aromatic rings. The van der Waals surface area contributed by atoms with Crippen LogP contribution >= 0.6 is 11.3 Å². The van der Waals surface area contributed by atoms with Crippen molar-refractivity contribution in [1.29, 1.82) is 0 Å². The summed E-state index contributed by atoms with van der Waals surface area (Å²) in [6, 6.07) is 0. The number of fused-ring (bicyclic) bond motifs is 1. The summed E-state index contributed by atoms with van der Waals surface area (Å²) in [5.41, 5.74) is 2.74. The van der Waals surface area contributed by atoms with E-state index in [1.54, 1.807) is 0 Å². The molecule has 116 valence electrons. The number of nitrogens with zero attached hydrogens (tertiary/aromatic N) is 2. The number of rotatable bonds is 0. The summed E-state index contributed by atoms with van der Waals surface area (Å²) < 4.78 is 1.21. The maximum atomic E-state index is 4.95. The minimum atomic E-state index is -0.0207. The molecule has 0 saturated heterocycles. The topological polar surface area (TPSA) is 25.8 Å². The van der Waals surface area contributed by atoms with Crippen molar-refractivity contribution in [3.8, 4) is 0 Å². The Labute approximate surface area is 133 Å². The summed E-state index contributed by atoms with van der Waals surface area (Å²) in [6.07, 6.45) is 2.01. The van der Waals surface area contributed by atoms with Gasteiger partial charge >= 0.3 is 0 Å². The quantitative estimate of drug-likeness (QED) is 0.634. The molecule has 0 aromatic carbocycles. The maximum absolute atomic E-state index is 4.95. The highest BCUT2D eigenvalue weighted by atomic mass is 32.1. The fourth-order valence-electron chi connectivity index (χ4n) is 2.48. The van der Waals surface area contributed by atoms with Crippen LogP contribution in [0.3, 0.4) is 0 Å². The van der Waals surface area contributed by atoms with Gasteiger partial charge in [-0.25, -0.2) is 9.97 Å². The molecular formula is C18H28N2S. The molecule has 0 spiro atoms. The van der Waals surface area contributed by atoms with Crippen LogP contribution in [0.4, 0.5) is 0 Å². The minimum absolute atomic E-state index is 0.0207. The predicted octanol–water partition coefficient (Wildman–Crippen LogP) is 5.58. The lowest BCUT2D eigenvalue weighted by Gasteiger charge is -2.26. The van der Waals surface area contributed by atoms with Crippen LogP contribution in [0, 0.1) is 0 Å². The molecule has 2 rings (SSSR count). The largest absolute Gasteiger partial charge is 0.239 e. The van der Waals surface area contributed by atoms with Gasteiger partial charge in [-0.05, 0) is 16.4 Å². The van der Waals surface area contributed by atoms with Gasteiger partial charge < -0.3 is 0 Å². The highest BCUT2D eigenvalue weighted by Gasteiger charge is 2.31. The Balaban J connectivity index is 2.85. The monoisotopic (exact) mass is 304 g/mol. The Hall–Kier alpha value is -0.960. The fourth-order valence-corrected chi connectivity index (χ4v) is 3.86. The van der Waals surface area contributed by atoms with Crippen LogP contribution in [0.1, 0.15) is 78.6 Å². The lowest BCUT2D eigenvalue weighted by Crippen LogP contribution is -2.20. The molecule has 0 fully saturated rings. The number of hydrogen-bond donors (Lipinski definition) is 0. The van der Waals surface area contributed by atoms with E-state index in [1.165, 1.54) is 15.1 Å². The minimum Gasteiger partial charge on any atom is -0.239 e. The Morgan fingerprint density at radius 3 is 1.81 bits per heavy atom. The van der Waals surface area contributed by atoms with Crippen LogP contribution in [-0.4, -0.2) is 9.97 Å². The van der Waals surface area contributed by atoms with E-state index in [-0.39, 0.29) is 16.2 Å². The van der Waals surface area contributed by atoms with E-state index in [1.807, 2.05) is 17.5 Å². The Morgan fingerprint density at radius 2 is 1.38 bits per heavy atom. The van der Waals surface area contributed by atoms with Crippen LogP contribution < -0.4 is 0 Å². The zero-order chi connectivity index (χ0) is 16.2. The van der Waals surface area contributed by atoms with Gasteiger partial charge in [-0.2, -0.15) is 0 Å². The number of hydrogen-bond acceptors (Lipinski definition) is 3. The standard InChI is InChI=1S/C18H28N2S/c1-16(2,3)12-13-11(21-14(12)17(4,5)6)10-19-15(20-13)18(7,8)9/h10H,1-9H3. The van der Waals surface area contributed by atoms with Crippen molar-refractivity contribution in [2.45, 2.75) is 78.6 Å². The first-order chi connectivity index (χ1) is 9.32. The second-order valence-electron chi connectivity index (χ2n) is 8.96. The van der Waals surface area contributed by atoms with Crippen LogP contribution in [0.25, 0.3) is 10.2 Å². The molecule has 0 N–H and O–H groups in total. The van der Waals surface area contributed by atoms with Gasteiger partial charge in [0.1, 0.15) is 5.82 Å². The van der Waals surface area contributed by atoms with Gasteiger partial charge in [-0.1, -0.05) is 62.3 Å². The van der Waals surface area contributed by atoms with E-state index in [0.717, 1.165) is 11.3 Å². The first-order valence-corrected chi connectivity index (χ1v) is 8.44. The molecule has 0 saturated carbocycles. The van der Waals surface area contributed by atoms with E-state index in [9.17, 15) is 0 Å². The molecule has 0 aliphatic carbocycles. The van der Waals surface area contributed by atoms with Crippen molar-refractivity contribution in [3.05, 3.63) is 22.5 Å². The molecule has 0 unspecified atom stereocenters. The van der Waals surface area contributed by atoms with Crippen LogP contribution in [0.5, 0.6) is 0 Å². The second-order valence-corrected chi connectivity index (χ2v) is 10.0. The van der Waals surface area contributed by atoms with Crippen molar-refractivity contribution in [2.24, 2.45) is 0 Å². The molecule has 3 heteroatoms. The first kappa shape index (κ1) is 16.4. The molecule has 2 heterocycles. The van der Waals surface area contributed by atoms with Crippen molar-refractivity contribution >= 4 is 21.6 Å². The summed E-state index contributed by atoms with van der Waals surface area (Å²) in [7, 11) is 0. The third kappa shape index (κ3) is 3.13. The molecule has 0 aliphatic heterocycles. The zero-order valence-corrected chi connectivity index (χ0v) is 15.7. The Kier molecular flexibility index (Phi) is 3.73. The van der Waals surface area contributed by atoms with Crippen molar-refractivity contribution in [3.63, 3.8) is 0 Å². The molecule has 0 bridgehead atoms. The second kappa shape index (κ2) is 4.77. The average molecular weight is 305 g/mol. The Morgan fingerprint density at radius 1 is 0.810 bits per heavy atom. The summed E-state index contributed by atoms with van der Waals surface area (Å²) in [5.74, 6) is 0.929. The van der Waals surface area contributed by atoms with Gasteiger partial charge in [-0.3, -0.25) is 0 Å². The third-order valence-corrected chi connectivity index (χ3v) is 5.07. The van der Waals surface area contributed by atoms with E-state index in [4.69, 9.17) is 4.98 Å². The lowest BCUT2D eigenvalue weighted by molar-refractivity contribution is 0.537. The molecule has 0 atom stereocenters. The summed E-state index contributed by atoms with van der Waals surface area (Å²) in [4.78, 5) is 11.0. The SMILES string of the molecule is CC(C)(C)c1ncc2sc(C(C)(C)C)c(C(C)(C)C)c2n1. The molecule has 2 nitrogen and oxygen atoms in total.